The van der Waals surface area contributed by atoms with Gasteiger partial charge in [0.25, 0.3) is 5.91 Å². The number of aryl methyl sites for hydroxylation is 1. The van der Waals surface area contributed by atoms with E-state index < -0.39 is 0 Å². The van der Waals surface area contributed by atoms with Gasteiger partial charge in [-0.25, -0.2) is 0 Å². The van der Waals surface area contributed by atoms with Crippen molar-refractivity contribution < 1.29 is 14.8 Å². The van der Waals surface area contributed by atoms with Gasteiger partial charge < -0.3 is 15.4 Å². The van der Waals surface area contributed by atoms with E-state index in [-0.39, 0.29) is 18.0 Å². The Morgan fingerprint density at radius 3 is 2.50 bits per heavy atom. The molecule has 0 saturated heterocycles. The molecule has 0 radical (unpaired) electrons. The Balaban J connectivity index is 1.99. The van der Waals surface area contributed by atoms with Crippen molar-refractivity contribution >= 4 is 11.6 Å². The molecule has 2 aromatic carbocycles. The fourth-order valence-electron chi connectivity index (χ4n) is 2.75. The van der Waals surface area contributed by atoms with E-state index in [4.69, 9.17) is 4.74 Å². The number of rotatable bonds is 7. The monoisotopic (exact) mass is 327 g/mol. The van der Waals surface area contributed by atoms with Crippen molar-refractivity contribution in [3.63, 3.8) is 0 Å². The van der Waals surface area contributed by atoms with Crippen LogP contribution in [0.15, 0.2) is 48.5 Å². The Bertz CT molecular complexity index is 668. The zero-order chi connectivity index (χ0) is 17.5. The Labute approximate surface area is 144 Å². The molecule has 0 bridgehead atoms. The summed E-state index contributed by atoms with van der Waals surface area (Å²) in [6.45, 7) is 6.09. The molecule has 4 nitrogen and oxygen atoms in total. The number of methoxy groups -OCH3 is 1. The van der Waals surface area contributed by atoms with E-state index in [0.717, 1.165) is 23.4 Å². The van der Waals surface area contributed by atoms with E-state index in [1.165, 1.54) is 5.56 Å². The van der Waals surface area contributed by atoms with Crippen molar-refractivity contribution in [2.45, 2.75) is 39.3 Å². The number of carbonyl (C=O) groups excluding carboxylic acids is 1. The SMILES string of the molecule is CC[C@H]([NH2+][C@@H](C)C(=O)Nc1cccc(C)c1)c1ccc(OC)cc1. The summed E-state index contributed by atoms with van der Waals surface area (Å²) < 4.78 is 5.20. The highest BCUT2D eigenvalue weighted by molar-refractivity contribution is 5.93. The molecule has 2 atom stereocenters. The number of benzene rings is 2. The first-order valence-corrected chi connectivity index (χ1v) is 8.40. The van der Waals surface area contributed by atoms with Crippen LogP contribution in [0.4, 0.5) is 5.69 Å². The van der Waals surface area contributed by atoms with Crippen molar-refractivity contribution in [3.8, 4) is 5.75 Å². The highest BCUT2D eigenvalue weighted by atomic mass is 16.5. The van der Waals surface area contributed by atoms with E-state index in [2.05, 4.69) is 29.7 Å². The lowest BCUT2D eigenvalue weighted by atomic mass is 10.0. The number of amides is 1. The van der Waals surface area contributed by atoms with Gasteiger partial charge in [0.15, 0.2) is 6.04 Å². The number of quaternary nitrogens is 1. The molecule has 0 heterocycles. The second kappa shape index (κ2) is 8.50. The van der Waals surface area contributed by atoms with Crippen LogP contribution in [0.5, 0.6) is 5.75 Å². The van der Waals surface area contributed by atoms with E-state index in [9.17, 15) is 4.79 Å². The van der Waals surface area contributed by atoms with Gasteiger partial charge in [0.2, 0.25) is 0 Å². The fraction of sp³-hybridized carbons (Fsp3) is 0.350. The molecule has 24 heavy (non-hydrogen) atoms. The lowest BCUT2D eigenvalue weighted by molar-refractivity contribution is -0.713. The summed E-state index contributed by atoms with van der Waals surface area (Å²) in [6.07, 6.45) is 0.953. The summed E-state index contributed by atoms with van der Waals surface area (Å²) in [6, 6.07) is 16.0. The van der Waals surface area contributed by atoms with Gasteiger partial charge in [-0.05, 0) is 55.8 Å². The van der Waals surface area contributed by atoms with Crippen LogP contribution in [0.3, 0.4) is 0 Å². The molecule has 0 aliphatic carbocycles. The van der Waals surface area contributed by atoms with Crippen LogP contribution in [0.25, 0.3) is 0 Å². The Morgan fingerprint density at radius 2 is 1.92 bits per heavy atom. The molecule has 0 aliphatic rings. The Morgan fingerprint density at radius 1 is 1.21 bits per heavy atom. The Kier molecular flexibility index (Phi) is 6.38. The number of hydrogen-bond donors (Lipinski definition) is 2. The number of nitrogens with one attached hydrogen (secondary N) is 1. The third kappa shape index (κ3) is 4.83. The van der Waals surface area contributed by atoms with Crippen LogP contribution in [-0.2, 0) is 4.79 Å². The predicted octanol–water partition coefficient (Wildman–Crippen LogP) is 3.05. The van der Waals surface area contributed by atoms with Crippen LogP contribution in [0.2, 0.25) is 0 Å². The summed E-state index contributed by atoms with van der Waals surface area (Å²) in [7, 11) is 1.66. The molecule has 0 aliphatic heterocycles. The van der Waals surface area contributed by atoms with Crippen molar-refractivity contribution in [2.24, 2.45) is 0 Å². The van der Waals surface area contributed by atoms with Gasteiger partial charge in [0, 0.05) is 17.7 Å². The van der Waals surface area contributed by atoms with Crippen molar-refractivity contribution in [3.05, 3.63) is 59.7 Å². The largest absolute Gasteiger partial charge is 0.497 e. The van der Waals surface area contributed by atoms with Crippen LogP contribution in [0.1, 0.15) is 37.4 Å². The summed E-state index contributed by atoms with van der Waals surface area (Å²) in [4.78, 5) is 12.4. The van der Waals surface area contributed by atoms with Crippen LogP contribution >= 0.6 is 0 Å². The average Bonchev–Trinajstić information content (AvgIpc) is 2.59. The minimum atomic E-state index is -0.169. The molecule has 2 rings (SSSR count). The predicted molar refractivity (Wildman–Crippen MR) is 97.2 cm³/mol. The lowest BCUT2D eigenvalue weighted by Crippen LogP contribution is -2.92. The second-order valence-electron chi connectivity index (χ2n) is 6.13. The molecule has 0 saturated carbocycles. The normalized spacial score (nSPS) is 13.2. The Hall–Kier alpha value is -2.33. The first-order chi connectivity index (χ1) is 11.5. The van der Waals surface area contributed by atoms with Crippen LogP contribution in [-0.4, -0.2) is 19.1 Å². The lowest BCUT2D eigenvalue weighted by Gasteiger charge is -2.19. The van der Waals surface area contributed by atoms with Gasteiger partial charge >= 0.3 is 0 Å². The average molecular weight is 327 g/mol. The standard InChI is InChI=1S/C20H26N2O2/c1-5-19(16-9-11-18(24-4)12-10-16)21-15(3)20(23)22-17-8-6-7-14(2)13-17/h6-13,15,19,21H,5H2,1-4H3,(H,22,23)/p+1/t15-,19-/m0/s1. The topological polar surface area (TPSA) is 54.9 Å². The van der Waals surface area contributed by atoms with Crippen molar-refractivity contribution in [1.82, 2.24) is 0 Å². The molecule has 0 spiro atoms. The highest BCUT2D eigenvalue weighted by Gasteiger charge is 2.22. The molecule has 4 heteroatoms. The van der Waals surface area contributed by atoms with Gasteiger partial charge in [-0.15, -0.1) is 0 Å². The molecule has 0 aromatic heterocycles. The molecule has 3 N–H and O–H groups in total. The van der Waals surface area contributed by atoms with Crippen LogP contribution in [0, 0.1) is 6.92 Å². The molecule has 1 amide bonds. The van der Waals surface area contributed by atoms with Crippen LogP contribution < -0.4 is 15.4 Å². The summed E-state index contributed by atoms with van der Waals surface area (Å²) >= 11 is 0. The van der Waals surface area contributed by atoms with Crippen molar-refractivity contribution in [1.29, 1.82) is 0 Å². The number of anilines is 1. The maximum absolute atomic E-state index is 12.4. The summed E-state index contributed by atoms with van der Waals surface area (Å²) in [5.74, 6) is 0.867. The fourth-order valence-corrected chi connectivity index (χ4v) is 2.75. The van der Waals surface area contributed by atoms with E-state index >= 15 is 0 Å². The number of ether oxygens (including phenoxy) is 1. The molecular formula is C20H27N2O2+. The summed E-state index contributed by atoms with van der Waals surface area (Å²) in [5, 5.41) is 5.11. The quantitative estimate of drug-likeness (QED) is 0.821. The summed E-state index contributed by atoms with van der Waals surface area (Å²) in [5.41, 5.74) is 3.18. The van der Waals surface area contributed by atoms with Gasteiger partial charge in [-0.3, -0.25) is 4.79 Å². The molecule has 128 valence electrons. The maximum Gasteiger partial charge on any atom is 0.282 e. The smallest absolute Gasteiger partial charge is 0.282 e. The first-order valence-electron chi connectivity index (χ1n) is 8.40. The zero-order valence-corrected chi connectivity index (χ0v) is 14.9. The number of hydrogen-bond acceptors (Lipinski definition) is 2. The third-order valence-corrected chi connectivity index (χ3v) is 4.20. The van der Waals surface area contributed by atoms with Gasteiger partial charge in [-0.1, -0.05) is 19.1 Å². The number of nitrogens with two attached hydrogens (primary N) is 1. The van der Waals surface area contributed by atoms with E-state index in [1.54, 1.807) is 7.11 Å². The molecule has 0 unspecified atom stereocenters. The first kappa shape index (κ1) is 18.0. The van der Waals surface area contributed by atoms with Crippen molar-refractivity contribution in [2.75, 3.05) is 12.4 Å². The van der Waals surface area contributed by atoms with E-state index in [1.807, 2.05) is 50.2 Å². The minimum Gasteiger partial charge on any atom is -0.497 e. The molecule has 2 aromatic rings. The van der Waals surface area contributed by atoms with Gasteiger partial charge in [0.1, 0.15) is 11.8 Å². The molecular weight excluding hydrogens is 300 g/mol. The second-order valence-corrected chi connectivity index (χ2v) is 6.13. The van der Waals surface area contributed by atoms with E-state index in [0.29, 0.717) is 0 Å². The number of carbonyl (C=O) groups is 1. The zero-order valence-electron chi connectivity index (χ0n) is 14.9. The maximum atomic E-state index is 12.4. The molecule has 0 fully saturated rings. The van der Waals surface area contributed by atoms with Gasteiger partial charge in [0.05, 0.1) is 7.11 Å². The highest BCUT2D eigenvalue weighted by Crippen LogP contribution is 2.17. The minimum absolute atomic E-state index is 0.0209. The third-order valence-electron chi connectivity index (χ3n) is 4.20. The van der Waals surface area contributed by atoms with Gasteiger partial charge in [-0.2, -0.15) is 0 Å².